The zero-order chi connectivity index (χ0) is 34.6. The minimum atomic E-state index is -1.81. The van der Waals surface area contributed by atoms with E-state index in [1.165, 1.54) is 19.2 Å². The largest absolute Gasteiger partial charge is 0.539 e. The number of halogens is 1. The number of hydrogen-bond donors (Lipinski definition) is 2. The second-order valence-electron chi connectivity index (χ2n) is 11.6. The fourth-order valence-corrected chi connectivity index (χ4v) is 7.05. The van der Waals surface area contributed by atoms with Gasteiger partial charge in [-0.1, -0.05) is 18.5 Å². The van der Waals surface area contributed by atoms with E-state index in [0.717, 1.165) is 22.7 Å². The fourth-order valence-electron chi connectivity index (χ4n) is 4.15. The highest BCUT2D eigenvalue weighted by Crippen LogP contribution is 2.39. The summed E-state index contributed by atoms with van der Waals surface area (Å²) in [5.41, 5.74) is -3.06. The van der Waals surface area contributed by atoms with E-state index >= 15 is 0 Å². The number of unbranched alkanes of at least 4 members (excludes halogenated alkanes) is 1. The summed E-state index contributed by atoms with van der Waals surface area (Å²) >= 11 is 6.93. The first-order valence-corrected chi connectivity index (χ1v) is 16.8. The van der Waals surface area contributed by atoms with Crippen LogP contribution >= 0.6 is 22.9 Å². The van der Waals surface area contributed by atoms with E-state index in [-0.39, 0.29) is 34.6 Å². The van der Waals surface area contributed by atoms with Crippen molar-refractivity contribution >= 4 is 82.5 Å². The molecule has 0 saturated carbocycles. The van der Waals surface area contributed by atoms with Crippen LogP contribution in [0.5, 0.6) is 0 Å². The summed E-state index contributed by atoms with van der Waals surface area (Å²) in [5.74, 6) is -3.81. The summed E-state index contributed by atoms with van der Waals surface area (Å²) in [6, 6.07) is -1.37. The molecule has 4 atom stereocenters. The summed E-state index contributed by atoms with van der Waals surface area (Å²) in [4.78, 5) is 74.9. The summed E-state index contributed by atoms with van der Waals surface area (Å²) in [7, 11) is 3.26. The lowest BCUT2D eigenvalue weighted by Gasteiger charge is -2.50. The first kappa shape index (κ1) is 37.0. The summed E-state index contributed by atoms with van der Waals surface area (Å²) in [5, 5.41) is 8.31. The number of β-lactam (4-membered cyclic amide) rings is 1. The van der Waals surface area contributed by atoms with E-state index in [9.17, 15) is 28.2 Å². The molecule has 19 heteroatoms. The Morgan fingerprint density at radius 1 is 1.22 bits per heavy atom. The number of alkyl halides is 1. The molecule has 2 aliphatic heterocycles. The number of fused-ring (bicyclic) bond motifs is 1. The van der Waals surface area contributed by atoms with E-state index in [2.05, 4.69) is 25.4 Å². The van der Waals surface area contributed by atoms with Gasteiger partial charge < -0.3 is 24.3 Å². The zero-order valence-corrected chi connectivity index (χ0v) is 28.7. The van der Waals surface area contributed by atoms with Crippen LogP contribution in [0, 0.1) is 0 Å². The average Bonchev–Trinajstić information content (AvgIpc) is 3.43. The van der Waals surface area contributed by atoms with Gasteiger partial charge in [0.2, 0.25) is 5.60 Å². The van der Waals surface area contributed by atoms with Gasteiger partial charge in [0.05, 0.1) is 22.7 Å². The Kier molecular flexibility index (Phi) is 12.0. The van der Waals surface area contributed by atoms with Gasteiger partial charge in [0, 0.05) is 11.3 Å². The average molecular weight is 700 g/mol. The minimum Gasteiger partial charge on any atom is -0.539 e. The molecule has 2 N–H and O–H groups in total. The van der Waals surface area contributed by atoms with Gasteiger partial charge in [0.1, 0.15) is 28.4 Å². The highest BCUT2D eigenvalue weighted by molar-refractivity contribution is 7.86. The Hall–Kier alpha value is -3.51. The first-order valence-electron chi connectivity index (χ1n) is 14.1. The number of nitrogens with zero attached hydrogens (tertiary/aromatic N) is 3. The molecule has 1 aromatic heterocycles. The van der Waals surface area contributed by atoms with Crippen LogP contribution in [-0.2, 0) is 48.9 Å². The van der Waals surface area contributed by atoms with E-state index in [0.29, 0.717) is 6.42 Å². The standard InChI is InChI=1S/C27H35BClN5O10S2/c1-8-9-10-41-23(38)27(6,7)44-33-16(15-12-45-24(30-15)32-25(39)42-26(3,4)5)19(35)31-17-20(36)34-18(22(37)43-28)14(11-29)13(2)46(40)21(17)34/h12-13,17,21H,8-11H2,1-7H3,(H,31,35)(H,30,32,39)/b33-16-/t13-,17+,21+,46?/m0/s1. The molecule has 1 aromatic rings. The lowest BCUT2D eigenvalue weighted by Crippen LogP contribution is -2.74. The van der Waals surface area contributed by atoms with Gasteiger partial charge in [-0.2, -0.15) is 0 Å². The molecule has 2 radical (unpaired) electrons. The van der Waals surface area contributed by atoms with Gasteiger partial charge >= 0.3 is 26.1 Å². The van der Waals surface area contributed by atoms with Crippen LogP contribution in [0.4, 0.5) is 9.93 Å². The van der Waals surface area contributed by atoms with Gasteiger partial charge in [0.15, 0.2) is 10.8 Å². The van der Waals surface area contributed by atoms with E-state index in [1.54, 1.807) is 27.7 Å². The fraction of sp³-hybridized carbons (Fsp3) is 0.593. The third-order valence-electron chi connectivity index (χ3n) is 6.55. The van der Waals surface area contributed by atoms with Crippen LogP contribution in [0.1, 0.15) is 67.0 Å². The number of carbonyl (C=O) groups is 5. The summed E-state index contributed by atoms with van der Waals surface area (Å²) in [6.07, 6.45) is 0.624. The van der Waals surface area contributed by atoms with Crippen molar-refractivity contribution in [1.82, 2.24) is 15.2 Å². The Labute approximate surface area is 278 Å². The minimum absolute atomic E-state index is 0.0415. The lowest BCUT2D eigenvalue weighted by molar-refractivity contribution is -0.168. The molecule has 0 spiro atoms. The molecule has 0 aliphatic carbocycles. The Morgan fingerprint density at radius 2 is 1.89 bits per heavy atom. The summed E-state index contributed by atoms with van der Waals surface area (Å²) < 4.78 is 28.1. The number of esters is 1. The van der Waals surface area contributed by atoms with E-state index < -0.39 is 74.2 Å². The SMILES string of the molecule is [B]OC(=O)C1=C(CCl)[C@H](C)S(=O)[C@@H]2[C@H](NC(=O)/C(=N\OC(C)(C)C(=O)OCCCC)c3csc(NC(=O)OC(C)(C)C)n3)C(=O)N12. The predicted octanol–water partition coefficient (Wildman–Crippen LogP) is 2.26. The maximum Gasteiger partial charge on any atom is 0.413 e. The third kappa shape index (κ3) is 8.25. The smallest absolute Gasteiger partial charge is 0.413 e. The molecule has 15 nitrogen and oxygen atoms in total. The molecule has 0 aromatic carbocycles. The van der Waals surface area contributed by atoms with Crippen molar-refractivity contribution in [3.8, 4) is 0 Å². The number of amides is 3. The van der Waals surface area contributed by atoms with Crippen molar-refractivity contribution in [1.29, 1.82) is 0 Å². The molecule has 3 amide bonds. The van der Waals surface area contributed by atoms with E-state index in [4.69, 9.17) is 34.0 Å². The predicted molar refractivity (Wildman–Crippen MR) is 169 cm³/mol. The molecule has 1 saturated heterocycles. The lowest BCUT2D eigenvalue weighted by atomic mass is 10.0. The topological polar surface area (TPSA) is 192 Å². The zero-order valence-electron chi connectivity index (χ0n) is 26.3. The van der Waals surface area contributed by atoms with Gasteiger partial charge in [-0.3, -0.25) is 24.0 Å². The number of carbonyl (C=O) groups excluding carboxylic acids is 5. The number of rotatable bonds is 12. The summed E-state index contributed by atoms with van der Waals surface area (Å²) in [6.45, 7) is 11.4. The molecule has 1 unspecified atom stereocenters. The van der Waals surface area contributed by atoms with Crippen molar-refractivity contribution in [3.05, 3.63) is 22.3 Å². The Morgan fingerprint density at radius 3 is 2.48 bits per heavy atom. The highest BCUT2D eigenvalue weighted by atomic mass is 35.5. The number of anilines is 1. The van der Waals surface area contributed by atoms with Crippen molar-refractivity contribution < 1.29 is 47.1 Å². The van der Waals surface area contributed by atoms with Gasteiger partial charge in [-0.25, -0.2) is 19.4 Å². The Bertz CT molecular complexity index is 1470. The van der Waals surface area contributed by atoms with Crippen LogP contribution in [0.3, 0.4) is 0 Å². The first-order chi connectivity index (χ1) is 21.5. The van der Waals surface area contributed by atoms with Crippen LogP contribution in [-0.4, -0.2) is 98.1 Å². The molecule has 1 fully saturated rings. The van der Waals surface area contributed by atoms with E-state index in [1.807, 2.05) is 6.92 Å². The van der Waals surface area contributed by atoms with Crippen LogP contribution in [0.2, 0.25) is 0 Å². The highest BCUT2D eigenvalue weighted by Gasteiger charge is 2.59. The molecule has 2 aliphatic rings. The normalized spacial score (nSPS) is 21.5. The van der Waals surface area contributed by atoms with Crippen LogP contribution in [0.25, 0.3) is 0 Å². The molecule has 3 heterocycles. The molecular weight excluding hydrogens is 665 g/mol. The number of ether oxygens (including phenoxy) is 2. The number of aromatic nitrogens is 1. The van der Waals surface area contributed by atoms with Crippen LogP contribution < -0.4 is 10.6 Å². The third-order valence-corrected chi connectivity index (χ3v) is 9.54. The monoisotopic (exact) mass is 699 g/mol. The number of nitrogens with one attached hydrogen (secondary N) is 2. The molecular formula is C27H35BClN5O10S2. The Balaban J connectivity index is 1.92. The maximum atomic E-state index is 13.7. The number of oxime groups is 1. The van der Waals surface area contributed by atoms with Crippen molar-refractivity contribution in [2.75, 3.05) is 17.8 Å². The van der Waals surface area contributed by atoms with Crippen molar-refractivity contribution in [2.45, 2.75) is 89.2 Å². The second-order valence-corrected chi connectivity index (χ2v) is 14.6. The molecule has 3 rings (SSSR count). The van der Waals surface area contributed by atoms with Gasteiger partial charge in [-0.15, -0.1) is 22.9 Å². The van der Waals surface area contributed by atoms with Crippen molar-refractivity contribution in [2.24, 2.45) is 5.16 Å². The number of hydrogen-bond acceptors (Lipinski definition) is 13. The molecule has 0 bridgehead atoms. The van der Waals surface area contributed by atoms with Gasteiger partial charge in [0.25, 0.3) is 11.8 Å². The maximum absolute atomic E-state index is 13.7. The van der Waals surface area contributed by atoms with Crippen molar-refractivity contribution in [3.63, 3.8) is 0 Å². The molecule has 250 valence electrons. The quantitative estimate of drug-likeness (QED) is 0.0619. The van der Waals surface area contributed by atoms with Gasteiger partial charge in [-0.05, 0) is 53.5 Å². The number of thiazole rings is 1. The second kappa shape index (κ2) is 14.9. The van der Waals surface area contributed by atoms with Crippen LogP contribution in [0.15, 0.2) is 21.8 Å². The molecule has 46 heavy (non-hydrogen) atoms.